The first-order valence-corrected chi connectivity index (χ1v) is 12.1. The van der Waals surface area contributed by atoms with Crippen molar-refractivity contribution < 1.29 is 23.5 Å². The van der Waals surface area contributed by atoms with E-state index in [1.54, 1.807) is 14.1 Å². The predicted octanol–water partition coefficient (Wildman–Crippen LogP) is 3.14. The number of hydrogen-bond donors (Lipinski definition) is 3. The Bertz CT molecular complexity index is 1270. The molecule has 1 aliphatic rings. The minimum Gasteiger partial charge on any atom is -0.410 e. The lowest BCUT2D eigenvalue weighted by Crippen LogP contribution is -2.46. The van der Waals surface area contributed by atoms with E-state index in [1.165, 1.54) is 46.8 Å². The Morgan fingerprint density at radius 2 is 2.06 bits per heavy atom. The highest BCUT2D eigenvalue weighted by Gasteiger charge is 2.19. The van der Waals surface area contributed by atoms with Crippen LogP contribution in [0.3, 0.4) is 0 Å². The van der Waals surface area contributed by atoms with Gasteiger partial charge in [-0.1, -0.05) is 0 Å². The molecule has 3 aromatic rings. The maximum absolute atomic E-state index is 14.5. The molecule has 1 aromatic carbocycles. The molecule has 1 atom stereocenters. The van der Waals surface area contributed by atoms with Crippen molar-refractivity contribution in [3.8, 4) is 16.3 Å². The van der Waals surface area contributed by atoms with E-state index >= 15 is 0 Å². The summed E-state index contributed by atoms with van der Waals surface area (Å²) in [6.07, 6.45) is 2.65. The number of nitrogens with zero attached hydrogens (tertiary/aromatic N) is 3. The number of amides is 3. The van der Waals surface area contributed by atoms with E-state index in [9.17, 15) is 18.8 Å². The first-order valence-electron chi connectivity index (χ1n) is 11.2. The third kappa shape index (κ3) is 6.20. The maximum atomic E-state index is 14.5. The highest BCUT2D eigenvalue weighted by molar-refractivity contribution is 7.13. The van der Waals surface area contributed by atoms with Crippen LogP contribution < -0.4 is 20.7 Å². The summed E-state index contributed by atoms with van der Waals surface area (Å²) < 4.78 is 19.8. The molecule has 3 amide bonds. The molecule has 3 N–H and O–H groups in total. The van der Waals surface area contributed by atoms with Crippen molar-refractivity contribution in [2.75, 3.05) is 32.5 Å². The number of anilines is 1. The van der Waals surface area contributed by atoms with Gasteiger partial charge in [-0.25, -0.2) is 19.2 Å². The normalized spacial score (nSPS) is 15.1. The summed E-state index contributed by atoms with van der Waals surface area (Å²) in [5.41, 5.74) is 0.483. The minimum atomic E-state index is -0.590. The number of aromatic nitrogens is 2. The van der Waals surface area contributed by atoms with Gasteiger partial charge in [0, 0.05) is 55.5 Å². The zero-order valence-electron chi connectivity index (χ0n) is 19.7. The Morgan fingerprint density at radius 3 is 2.81 bits per heavy atom. The number of piperidine rings is 1. The minimum absolute atomic E-state index is 0.00217. The number of nitrogens with one attached hydrogen (secondary N) is 3. The van der Waals surface area contributed by atoms with Gasteiger partial charge in [0.15, 0.2) is 0 Å². The third-order valence-corrected chi connectivity index (χ3v) is 6.26. The van der Waals surface area contributed by atoms with Gasteiger partial charge in [-0.2, -0.15) is 0 Å². The van der Waals surface area contributed by atoms with E-state index in [1.807, 2.05) is 0 Å². The fraction of sp³-hybridized carbons (Fsp3) is 0.292. The first kappa shape index (κ1) is 25.2. The van der Waals surface area contributed by atoms with E-state index in [0.717, 1.165) is 30.7 Å². The monoisotopic (exact) mass is 512 g/mol. The summed E-state index contributed by atoms with van der Waals surface area (Å²) in [5, 5.41) is 10.3. The number of halogens is 1. The number of carbonyl (C=O) groups is 3. The van der Waals surface area contributed by atoms with E-state index in [2.05, 4.69) is 25.9 Å². The Morgan fingerprint density at radius 1 is 1.22 bits per heavy atom. The molecule has 3 heterocycles. The lowest BCUT2D eigenvalue weighted by molar-refractivity contribution is 0.0827. The molecule has 2 aromatic heterocycles. The number of pyridine rings is 1. The summed E-state index contributed by atoms with van der Waals surface area (Å²) in [4.78, 5) is 46.8. The lowest BCUT2D eigenvalue weighted by Gasteiger charge is -2.23. The van der Waals surface area contributed by atoms with Crippen LogP contribution in [0.25, 0.3) is 10.6 Å². The number of thiazole rings is 1. The Labute approximate surface area is 210 Å². The summed E-state index contributed by atoms with van der Waals surface area (Å²) in [7, 11) is 3.21. The highest BCUT2D eigenvalue weighted by Crippen LogP contribution is 2.28. The molecule has 0 radical (unpaired) electrons. The topological polar surface area (TPSA) is 126 Å². The summed E-state index contributed by atoms with van der Waals surface area (Å²) in [6, 6.07) is 6.92. The molecule has 10 nitrogen and oxygen atoms in total. The molecule has 1 aliphatic heterocycles. The van der Waals surface area contributed by atoms with Gasteiger partial charge < -0.3 is 25.6 Å². The van der Waals surface area contributed by atoms with Gasteiger partial charge in [0.25, 0.3) is 11.8 Å². The Hall–Kier alpha value is -3.90. The lowest BCUT2D eigenvalue weighted by atomic mass is 10.1. The van der Waals surface area contributed by atoms with Crippen LogP contribution >= 0.6 is 11.3 Å². The van der Waals surface area contributed by atoms with Crippen LogP contribution in [0.15, 0.2) is 41.9 Å². The van der Waals surface area contributed by atoms with E-state index in [4.69, 9.17) is 4.74 Å². The summed E-state index contributed by atoms with van der Waals surface area (Å²) in [6.45, 7) is 1.61. The summed E-state index contributed by atoms with van der Waals surface area (Å²) >= 11 is 1.07. The fourth-order valence-electron chi connectivity index (χ4n) is 3.58. The molecule has 4 rings (SSSR count). The van der Waals surface area contributed by atoms with Crippen LogP contribution in [0.1, 0.15) is 33.7 Å². The Kier molecular flexibility index (Phi) is 7.86. The van der Waals surface area contributed by atoms with Gasteiger partial charge in [0.2, 0.25) is 0 Å². The van der Waals surface area contributed by atoms with Crippen molar-refractivity contribution in [2.24, 2.45) is 0 Å². The zero-order valence-corrected chi connectivity index (χ0v) is 20.5. The third-order valence-electron chi connectivity index (χ3n) is 5.39. The van der Waals surface area contributed by atoms with Crippen LogP contribution in [0.5, 0.6) is 5.75 Å². The standard InChI is InChI=1S/C24H25FN6O4S/c1-31(2)23(33)14-5-6-18(25)17(10-14)22-29-19(13-36-22)21(32)30-20-11-16(7-9-27-20)35-24(34)28-15-4-3-8-26-12-15/h5-7,9-11,13,15,26H,3-4,8,12H2,1-2H3,(H,28,34)(H,27,30,32). The molecule has 0 spiro atoms. The van der Waals surface area contributed by atoms with Gasteiger partial charge in [0.1, 0.15) is 28.1 Å². The largest absolute Gasteiger partial charge is 0.412 e. The average Bonchev–Trinajstić information content (AvgIpc) is 3.35. The van der Waals surface area contributed by atoms with Crippen LogP contribution in [-0.4, -0.2) is 66.0 Å². The zero-order chi connectivity index (χ0) is 25.7. The van der Waals surface area contributed by atoms with Crippen molar-refractivity contribution in [2.45, 2.75) is 18.9 Å². The molecule has 188 valence electrons. The fourth-order valence-corrected chi connectivity index (χ4v) is 4.40. The number of rotatable bonds is 6. The quantitative estimate of drug-likeness (QED) is 0.463. The second-order valence-corrected chi connectivity index (χ2v) is 9.20. The van der Waals surface area contributed by atoms with Gasteiger partial charge in [-0.05, 0) is 43.7 Å². The van der Waals surface area contributed by atoms with Gasteiger partial charge in [-0.3, -0.25) is 9.59 Å². The second-order valence-electron chi connectivity index (χ2n) is 8.34. The summed E-state index contributed by atoms with van der Waals surface area (Å²) in [5.74, 6) is -1.03. The second kappa shape index (κ2) is 11.2. The molecule has 1 fully saturated rings. The molecule has 0 saturated carbocycles. The molecular weight excluding hydrogens is 487 g/mol. The number of ether oxygens (including phenoxy) is 1. The van der Waals surface area contributed by atoms with Gasteiger partial charge in [-0.15, -0.1) is 11.3 Å². The number of benzene rings is 1. The smallest absolute Gasteiger partial charge is 0.410 e. The van der Waals surface area contributed by atoms with Crippen molar-refractivity contribution in [3.63, 3.8) is 0 Å². The molecular formula is C24H25FN6O4S. The van der Waals surface area contributed by atoms with Crippen molar-refractivity contribution >= 4 is 35.1 Å². The molecule has 1 unspecified atom stereocenters. The molecule has 36 heavy (non-hydrogen) atoms. The molecule has 0 aliphatic carbocycles. The molecule has 12 heteroatoms. The van der Waals surface area contributed by atoms with E-state index in [0.29, 0.717) is 12.1 Å². The maximum Gasteiger partial charge on any atom is 0.412 e. The van der Waals surface area contributed by atoms with Crippen molar-refractivity contribution in [1.29, 1.82) is 0 Å². The van der Waals surface area contributed by atoms with Crippen molar-refractivity contribution in [1.82, 2.24) is 25.5 Å². The van der Waals surface area contributed by atoms with Crippen LogP contribution in [-0.2, 0) is 0 Å². The SMILES string of the molecule is CN(C)C(=O)c1ccc(F)c(-c2nc(C(=O)Nc3cc(OC(=O)NC4CCCNC4)ccn3)cs2)c1. The van der Waals surface area contributed by atoms with Gasteiger partial charge >= 0.3 is 6.09 Å². The van der Waals surface area contributed by atoms with Crippen molar-refractivity contribution in [3.05, 3.63) is 59.0 Å². The Balaban J connectivity index is 1.42. The number of carbonyl (C=O) groups excluding carboxylic acids is 3. The average molecular weight is 513 g/mol. The molecule has 0 bridgehead atoms. The first-order chi connectivity index (χ1) is 17.3. The van der Waals surface area contributed by atoms with E-state index in [-0.39, 0.29) is 39.8 Å². The predicted molar refractivity (Wildman–Crippen MR) is 133 cm³/mol. The molecule has 1 saturated heterocycles. The van der Waals surface area contributed by atoms with Crippen LogP contribution in [0.2, 0.25) is 0 Å². The number of hydrogen-bond acceptors (Lipinski definition) is 8. The van der Waals surface area contributed by atoms with E-state index < -0.39 is 17.8 Å². The van der Waals surface area contributed by atoms with Crippen LogP contribution in [0.4, 0.5) is 15.0 Å². The van der Waals surface area contributed by atoms with Gasteiger partial charge in [0.05, 0.1) is 0 Å². The van der Waals surface area contributed by atoms with Crippen LogP contribution in [0, 0.1) is 5.82 Å². The highest BCUT2D eigenvalue weighted by atomic mass is 32.1.